The van der Waals surface area contributed by atoms with Gasteiger partial charge in [-0.2, -0.15) is 0 Å². The maximum atomic E-state index is 5.40. The number of aromatic nitrogens is 1. The Morgan fingerprint density at radius 2 is 2.06 bits per heavy atom. The molecular formula is C14H22N2O. The van der Waals surface area contributed by atoms with Gasteiger partial charge >= 0.3 is 0 Å². The molecule has 1 aliphatic rings. The van der Waals surface area contributed by atoms with Crippen molar-refractivity contribution < 1.29 is 4.74 Å². The Hall–Kier alpha value is -0.930. The number of rotatable bonds is 4. The molecule has 94 valence electrons. The lowest BCUT2D eigenvalue weighted by Crippen LogP contribution is -2.38. The number of pyridine rings is 1. The van der Waals surface area contributed by atoms with Crippen LogP contribution in [0.25, 0.3) is 0 Å². The maximum Gasteiger partial charge on any atom is 0.0570 e. The van der Waals surface area contributed by atoms with Crippen LogP contribution in [0.5, 0.6) is 0 Å². The summed E-state index contributed by atoms with van der Waals surface area (Å²) in [6.45, 7) is 6.27. The van der Waals surface area contributed by atoms with Crippen molar-refractivity contribution in [1.82, 2.24) is 10.3 Å². The van der Waals surface area contributed by atoms with E-state index in [9.17, 15) is 0 Å². The van der Waals surface area contributed by atoms with E-state index in [-0.39, 0.29) is 0 Å². The normalized spacial score (nSPS) is 21.1. The molecule has 2 atom stereocenters. The van der Waals surface area contributed by atoms with E-state index in [1.54, 1.807) is 0 Å². The summed E-state index contributed by atoms with van der Waals surface area (Å²) in [6.07, 6.45) is 4.19. The van der Waals surface area contributed by atoms with Crippen LogP contribution in [-0.2, 0) is 4.74 Å². The molecule has 0 saturated carbocycles. The highest BCUT2D eigenvalue weighted by atomic mass is 16.5. The minimum absolute atomic E-state index is 0.314. The molecule has 1 saturated heterocycles. The summed E-state index contributed by atoms with van der Waals surface area (Å²) in [5.74, 6) is 0.731. The van der Waals surface area contributed by atoms with Gasteiger partial charge in [-0.3, -0.25) is 4.98 Å². The zero-order valence-corrected chi connectivity index (χ0v) is 10.7. The van der Waals surface area contributed by atoms with Gasteiger partial charge in [0.1, 0.15) is 0 Å². The van der Waals surface area contributed by atoms with Gasteiger partial charge in [-0.1, -0.05) is 6.07 Å². The Labute approximate surface area is 104 Å². The van der Waals surface area contributed by atoms with Gasteiger partial charge in [0.05, 0.1) is 5.69 Å². The lowest BCUT2D eigenvalue weighted by Gasteiger charge is -2.30. The maximum absolute atomic E-state index is 5.40. The molecule has 3 heteroatoms. The third kappa shape index (κ3) is 3.51. The first kappa shape index (κ1) is 12.5. The van der Waals surface area contributed by atoms with Gasteiger partial charge in [0.25, 0.3) is 0 Å². The van der Waals surface area contributed by atoms with Gasteiger partial charge in [0.2, 0.25) is 0 Å². The van der Waals surface area contributed by atoms with E-state index in [0.717, 1.165) is 24.8 Å². The third-order valence-corrected chi connectivity index (χ3v) is 3.62. The minimum atomic E-state index is 0.314. The van der Waals surface area contributed by atoms with Crippen molar-refractivity contribution in [2.45, 2.75) is 38.8 Å². The highest BCUT2D eigenvalue weighted by Crippen LogP contribution is 2.20. The number of hydrogen-bond acceptors (Lipinski definition) is 3. The SMILES string of the molecule is CC(NC(C)C1CCOCC1)c1ccccn1. The molecule has 1 aromatic heterocycles. The van der Waals surface area contributed by atoms with E-state index in [4.69, 9.17) is 4.74 Å². The van der Waals surface area contributed by atoms with Crippen molar-refractivity contribution in [2.75, 3.05) is 13.2 Å². The van der Waals surface area contributed by atoms with E-state index in [1.165, 1.54) is 12.8 Å². The minimum Gasteiger partial charge on any atom is -0.381 e. The fourth-order valence-electron chi connectivity index (χ4n) is 2.46. The molecule has 1 aliphatic heterocycles. The van der Waals surface area contributed by atoms with Gasteiger partial charge in [-0.15, -0.1) is 0 Å². The average molecular weight is 234 g/mol. The van der Waals surface area contributed by atoms with Crippen molar-refractivity contribution in [3.8, 4) is 0 Å². The highest BCUT2D eigenvalue weighted by molar-refractivity contribution is 5.07. The van der Waals surface area contributed by atoms with Crippen molar-refractivity contribution >= 4 is 0 Å². The van der Waals surface area contributed by atoms with Gasteiger partial charge in [-0.05, 0) is 44.7 Å². The van der Waals surface area contributed by atoms with Crippen LogP contribution in [0.4, 0.5) is 0 Å². The van der Waals surface area contributed by atoms with Gasteiger partial charge in [0.15, 0.2) is 0 Å². The van der Waals surface area contributed by atoms with Crippen molar-refractivity contribution in [3.63, 3.8) is 0 Å². The van der Waals surface area contributed by atoms with Crippen LogP contribution in [0.3, 0.4) is 0 Å². The molecule has 0 aliphatic carbocycles. The molecule has 1 fully saturated rings. The number of ether oxygens (including phenoxy) is 1. The zero-order valence-electron chi connectivity index (χ0n) is 10.7. The molecule has 1 aromatic rings. The van der Waals surface area contributed by atoms with E-state index >= 15 is 0 Å². The van der Waals surface area contributed by atoms with E-state index in [2.05, 4.69) is 30.2 Å². The Morgan fingerprint density at radius 3 is 2.71 bits per heavy atom. The second kappa shape index (κ2) is 6.12. The van der Waals surface area contributed by atoms with E-state index < -0.39 is 0 Å². The fourth-order valence-corrected chi connectivity index (χ4v) is 2.46. The summed E-state index contributed by atoms with van der Waals surface area (Å²) in [6, 6.07) is 6.91. The fraction of sp³-hybridized carbons (Fsp3) is 0.643. The lowest BCUT2D eigenvalue weighted by atomic mass is 9.92. The van der Waals surface area contributed by atoms with Gasteiger partial charge in [-0.25, -0.2) is 0 Å². The zero-order chi connectivity index (χ0) is 12.1. The second-order valence-corrected chi connectivity index (χ2v) is 4.88. The first-order valence-electron chi connectivity index (χ1n) is 6.52. The van der Waals surface area contributed by atoms with Crippen molar-refractivity contribution in [2.24, 2.45) is 5.92 Å². The molecule has 17 heavy (non-hydrogen) atoms. The van der Waals surface area contributed by atoms with Crippen LogP contribution >= 0.6 is 0 Å². The second-order valence-electron chi connectivity index (χ2n) is 4.88. The van der Waals surface area contributed by atoms with Crippen molar-refractivity contribution in [3.05, 3.63) is 30.1 Å². The predicted octanol–water partition coefficient (Wildman–Crippen LogP) is 2.55. The van der Waals surface area contributed by atoms with Crippen LogP contribution in [0, 0.1) is 5.92 Å². The Bertz CT molecular complexity index is 322. The molecular weight excluding hydrogens is 212 g/mol. The molecule has 2 unspecified atom stereocenters. The molecule has 1 N–H and O–H groups in total. The van der Waals surface area contributed by atoms with Gasteiger partial charge in [0, 0.05) is 31.5 Å². The Kier molecular flexibility index (Phi) is 4.51. The monoisotopic (exact) mass is 234 g/mol. The van der Waals surface area contributed by atoms with Crippen LogP contribution in [-0.4, -0.2) is 24.2 Å². The quantitative estimate of drug-likeness (QED) is 0.869. The lowest BCUT2D eigenvalue weighted by molar-refractivity contribution is 0.0546. The van der Waals surface area contributed by atoms with E-state index in [1.807, 2.05) is 18.3 Å². The van der Waals surface area contributed by atoms with Gasteiger partial charge < -0.3 is 10.1 Å². The number of hydrogen-bond donors (Lipinski definition) is 1. The van der Waals surface area contributed by atoms with Crippen LogP contribution in [0.2, 0.25) is 0 Å². The summed E-state index contributed by atoms with van der Waals surface area (Å²) in [5.41, 5.74) is 1.12. The summed E-state index contributed by atoms with van der Waals surface area (Å²) in [7, 11) is 0. The largest absolute Gasteiger partial charge is 0.381 e. The van der Waals surface area contributed by atoms with Crippen LogP contribution < -0.4 is 5.32 Å². The van der Waals surface area contributed by atoms with Crippen LogP contribution in [0.1, 0.15) is 38.4 Å². The average Bonchev–Trinajstić information content (AvgIpc) is 2.40. The molecule has 0 aromatic carbocycles. The Morgan fingerprint density at radius 1 is 1.29 bits per heavy atom. The number of nitrogens with zero attached hydrogens (tertiary/aromatic N) is 1. The summed E-state index contributed by atoms with van der Waals surface area (Å²) in [5, 5.41) is 3.65. The third-order valence-electron chi connectivity index (χ3n) is 3.62. The van der Waals surface area contributed by atoms with Crippen molar-refractivity contribution in [1.29, 1.82) is 0 Å². The summed E-state index contributed by atoms with van der Waals surface area (Å²) < 4.78 is 5.40. The molecule has 0 amide bonds. The molecule has 0 radical (unpaired) electrons. The predicted molar refractivity (Wildman–Crippen MR) is 68.8 cm³/mol. The first-order valence-corrected chi connectivity index (χ1v) is 6.52. The molecule has 0 bridgehead atoms. The number of nitrogens with one attached hydrogen (secondary N) is 1. The smallest absolute Gasteiger partial charge is 0.0570 e. The first-order chi connectivity index (χ1) is 8.27. The molecule has 0 spiro atoms. The van der Waals surface area contributed by atoms with E-state index in [0.29, 0.717) is 12.1 Å². The van der Waals surface area contributed by atoms with Crippen LogP contribution in [0.15, 0.2) is 24.4 Å². The standard InChI is InChI=1S/C14H22N2O/c1-11(13-6-9-17-10-7-13)16-12(2)14-5-3-4-8-15-14/h3-5,8,11-13,16H,6-7,9-10H2,1-2H3. The molecule has 2 rings (SSSR count). The topological polar surface area (TPSA) is 34.1 Å². The molecule has 3 nitrogen and oxygen atoms in total. The summed E-state index contributed by atoms with van der Waals surface area (Å²) >= 11 is 0. The molecule has 2 heterocycles. The highest BCUT2D eigenvalue weighted by Gasteiger charge is 2.22. The summed E-state index contributed by atoms with van der Waals surface area (Å²) in [4.78, 5) is 4.39. The Balaban J connectivity index is 1.87.